The van der Waals surface area contributed by atoms with E-state index < -0.39 is 10.8 Å². The van der Waals surface area contributed by atoms with E-state index in [2.05, 4.69) is 10.4 Å². The van der Waals surface area contributed by atoms with E-state index in [1.54, 1.807) is 24.3 Å². The van der Waals surface area contributed by atoms with Crippen LogP contribution in [0.1, 0.15) is 5.56 Å². The van der Waals surface area contributed by atoms with E-state index in [-0.39, 0.29) is 35.5 Å². The highest BCUT2D eigenvalue weighted by atomic mass is 16.6. The van der Waals surface area contributed by atoms with Gasteiger partial charge in [0.2, 0.25) is 11.3 Å². The molecule has 2 aromatic carbocycles. The van der Waals surface area contributed by atoms with Crippen molar-refractivity contribution >= 4 is 22.5 Å². The topological polar surface area (TPSA) is 127 Å². The van der Waals surface area contributed by atoms with Crippen molar-refractivity contribution in [3.63, 3.8) is 0 Å². The van der Waals surface area contributed by atoms with E-state index in [0.717, 1.165) is 6.20 Å². The summed E-state index contributed by atoms with van der Waals surface area (Å²) < 4.78 is 1.39. The fourth-order valence-electron chi connectivity index (χ4n) is 2.50. The van der Waals surface area contributed by atoms with Gasteiger partial charge < -0.3 is 10.4 Å². The summed E-state index contributed by atoms with van der Waals surface area (Å²) in [6.07, 6.45) is 1.14. The van der Waals surface area contributed by atoms with Gasteiger partial charge >= 0.3 is 0 Å². The first-order valence-corrected chi connectivity index (χ1v) is 7.63. The third-order valence-electron chi connectivity index (χ3n) is 3.81. The van der Waals surface area contributed by atoms with E-state index in [0.29, 0.717) is 10.9 Å². The van der Waals surface area contributed by atoms with Crippen molar-refractivity contribution in [2.75, 3.05) is 0 Å². The lowest BCUT2D eigenvalue weighted by Gasteiger charge is -2.10. The molecule has 0 aliphatic carbocycles. The number of carbonyl (C=O) groups excluding carboxylic acids is 1. The summed E-state index contributed by atoms with van der Waals surface area (Å²) >= 11 is 0. The lowest BCUT2D eigenvalue weighted by atomic mass is 10.1. The van der Waals surface area contributed by atoms with E-state index >= 15 is 0 Å². The minimum Gasteiger partial charge on any atom is -0.508 e. The Morgan fingerprint density at radius 1 is 1.27 bits per heavy atom. The number of hydrogen-bond donors (Lipinski definition) is 2. The highest BCUT2D eigenvalue weighted by Gasteiger charge is 2.12. The number of nitrogens with zero attached hydrogens (tertiary/aromatic N) is 3. The van der Waals surface area contributed by atoms with E-state index in [1.165, 1.54) is 22.9 Å². The first-order chi connectivity index (χ1) is 12.5. The van der Waals surface area contributed by atoms with Crippen LogP contribution in [0.2, 0.25) is 0 Å². The zero-order chi connectivity index (χ0) is 18.7. The van der Waals surface area contributed by atoms with Gasteiger partial charge in [0.05, 0.1) is 16.6 Å². The smallest absolute Gasteiger partial charge is 0.270 e. The van der Waals surface area contributed by atoms with E-state index in [1.807, 2.05) is 0 Å². The normalized spacial score (nSPS) is 10.6. The largest absolute Gasteiger partial charge is 0.508 e. The Labute approximate surface area is 146 Å². The van der Waals surface area contributed by atoms with Crippen molar-refractivity contribution in [2.45, 2.75) is 13.1 Å². The van der Waals surface area contributed by atoms with Gasteiger partial charge in [-0.3, -0.25) is 24.4 Å². The Kier molecular flexibility index (Phi) is 4.61. The summed E-state index contributed by atoms with van der Waals surface area (Å²) in [7, 11) is 0. The molecule has 1 heterocycles. The van der Waals surface area contributed by atoms with Gasteiger partial charge in [-0.25, -0.2) is 0 Å². The number of nitro benzene ring substituents is 1. The second-order valence-electron chi connectivity index (χ2n) is 5.53. The molecule has 0 aliphatic heterocycles. The molecule has 0 fully saturated rings. The molecule has 0 unspecified atom stereocenters. The number of non-ortho nitro benzene ring substituents is 1. The summed E-state index contributed by atoms with van der Waals surface area (Å²) in [5, 5.41) is 27.5. The number of nitro groups is 1. The number of aromatic nitrogens is 2. The summed E-state index contributed by atoms with van der Waals surface area (Å²) in [4.78, 5) is 34.2. The van der Waals surface area contributed by atoms with E-state index in [9.17, 15) is 24.8 Å². The van der Waals surface area contributed by atoms with Crippen LogP contribution in [-0.2, 0) is 17.9 Å². The number of rotatable bonds is 5. The molecule has 0 spiro atoms. The van der Waals surface area contributed by atoms with Gasteiger partial charge in [0.15, 0.2) is 0 Å². The molecule has 0 saturated carbocycles. The summed E-state index contributed by atoms with van der Waals surface area (Å²) in [6.45, 7) is -0.221. The number of phenolic OH excluding ortho intramolecular Hbond substituents is 1. The molecule has 1 amide bonds. The fourth-order valence-corrected chi connectivity index (χ4v) is 2.50. The SMILES string of the molecule is O=C(Cn1ncc(=O)c2ccccc21)NCc1cc([N+](=O)[O-])ccc1O. The van der Waals surface area contributed by atoms with Crippen molar-refractivity contribution in [2.24, 2.45) is 0 Å². The number of benzene rings is 2. The van der Waals surface area contributed by atoms with Crippen LogP contribution >= 0.6 is 0 Å². The van der Waals surface area contributed by atoms with Crippen LogP contribution in [0, 0.1) is 10.1 Å². The van der Waals surface area contributed by atoms with Crippen molar-refractivity contribution < 1.29 is 14.8 Å². The Morgan fingerprint density at radius 2 is 2.04 bits per heavy atom. The zero-order valence-electron chi connectivity index (χ0n) is 13.5. The van der Waals surface area contributed by atoms with Crippen LogP contribution in [0.5, 0.6) is 5.75 Å². The number of fused-ring (bicyclic) bond motifs is 1. The maximum absolute atomic E-state index is 12.2. The second-order valence-corrected chi connectivity index (χ2v) is 5.53. The Balaban J connectivity index is 1.75. The maximum atomic E-state index is 12.2. The third kappa shape index (κ3) is 3.51. The second kappa shape index (κ2) is 7.01. The van der Waals surface area contributed by atoms with Crippen LogP contribution in [0.25, 0.3) is 10.9 Å². The number of hydrogen-bond acceptors (Lipinski definition) is 6. The standard InChI is InChI=1S/C17H14N4O5/c22-15-6-5-12(21(25)26)7-11(15)8-18-17(24)10-20-14-4-2-1-3-13(14)16(23)9-19-20/h1-7,9,22H,8,10H2,(H,18,24). The number of para-hydroxylation sites is 1. The quantitative estimate of drug-likeness (QED) is 0.525. The summed E-state index contributed by atoms with van der Waals surface area (Å²) in [5.74, 6) is -0.569. The van der Waals surface area contributed by atoms with Gasteiger partial charge in [0, 0.05) is 29.6 Å². The molecule has 0 radical (unpaired) electrons. The number of amides is 1. The minimum absolute atomic E-state index is 0.0789. The number of carbonyl (C=O) groups is 1. The lowest BCUT2D eigenvalue weighted by molar-refractivity contribution is -0.384. The number of phenols is 1. The summed E-state index contributed by atoms with van der Waals surface area (Å²) in [5.41, 5.74) is 0.331. The van der Waals surface area contributed by atoms with Gasteiger partial charge in [-0.1, -0.05) is 12.1 Å². The average Bonchev–Trinajstić information content (AvgIpc) is 2.63. The van der Waals surface area contributed by atoms with Crippen LogP contribution in [-0.4, -0.2) is 25.7 Å². The van der Waals surface area contributed by atoms with Gasteiger partial charge in [0.1, 0.15) is 12.3 Å². The van der Waals surface area contributed by atoms with Crippen LogP contribution in [0.3, 0.4) is 0 Å². The molecule has 0 aliphatic rings. The van der Waals surface area contributed by atoms with Crippen molar-refractivity contribution in [1.29, 1.82) is 0 Å². The third-order valence-corrected chi connectivity index (χ3v) is 3.81. The molecular weight excluding hydrogens is 340 g/mol. The minimum atomic E-state index is -0.582. The Hall–Kier alpha value is -3.75. The van der Waals surface area contributed by atoms with Crippen LogP contribution in [0.4, 0.5) is 5.69 Å². The predicted molar refractivity (Wildman–Crippen MR) is 92.6 cm³/mol. The molecule has 0 atom stereocenters. The molecule has 3 rings (SSSR count). The monoisotopic (exact) mass is 354 g/mol. The molecule has 132 valence electrons. The molecule has 2 N–H and O–H groups in total. The van der Waals surface area contributed by atoms with Gasteiger partial charge in [-0.2, -0.15) is 5.10 Å². The van der Waals surface area contributed by atoms with Crippen molar-refractivity contribution in [3.05, 3.63) is 74.6 Å². The van der Waals surface area contributed by atoms with Crippen molar-refractivity contribution in [3.8, 4) is 5.75 Å². The molecule has 26 heavy (non-hydrogen) atoms. The highest BCUT2D eigenvalue weighted by Crippen LogP contribution is 2.22. The number of nitrogens with one attached hydrogen (secondary N) is 1. The summed E-state index contributed by atoms with van der Waals surface area (Å²) in [6, 6.07) is 10.4. The van der Waals surface area contributed by atoms with E-state index in [4.69, 9.17) is 0 Å². The van der Waals surface area contributed by atoms with Crippen molar-refractivity contribution in [1.82, 2.24) is 15.1 Å². The van der Waals surface area contributed by atoms with Gasteiger partial charge in [-0.05, 0) is 18.2 Å². The molecule has 1 aromatic heterocycles. The molecular formula is C17H14N4O5. The number of aromatic hydroxyl groups is 1. The first kappa shape index (κ1) is 17.1. The van der Waals surface area contributed by atoms with Crippen LogP contribution in [0.15, 0.2) is 53.5 Å². The predicted octanol–water partition coefficient (Wildman–Crippen LogP) is 1.33. The Bertz CT molecular complexity index is 1060. The van der Waals surface area contributed by atoms with Crippen LogP contribution < -0.4 is 10.7 Å². The lowest BCUT2D eigenvalue weighted by Crippen LogP contribution is -2.28. The molecule has 3 aromatic rings. The highest BCUT2D eigenvalue weighted by molar-refractivity contribution is 5.81. The molecule has 0 bridgehead atoms. The zero-order valence-corrected chi connectivity index (χ0v) is 13.5. The van der Waals surface area contributed by atoms with Gasteiger partial charge in [0.25, 0.3) is 5.69 Å². The molecule has 9 heteroatoms. The maximum Gasteiger partial charge on any atom is 0.270 e. The average molecular weight is 354 g/mol. The fraction of sp³-hybridized carbons (Fsp3) is 0.118. The Morgan fingerprint density at radius 3 is 2.81 bits per heavy atom. The molecule has 9 nitrogen and oxygen atoms in total. The van der Waals surface area contributed by atoms with Gasteiger partial charge in [-0.15, -0.1) is 0 Å². The molecule has 0 saturated heterocycles. The first-order valence-electron chi connectivity index (χ1n) is 7.63.